The molecule has 3 rings (SSSR count). The van der Waals surface area contributed by atoms with Crippen molar-refractivity contribution in [1.29, 1.82) is 0 Å². The molecule has 1 fully saturated rings. The van der Waals surface area contributed by atoms with E-state index < -0.39 is 39.0 Å². The van der Waals surface area contributed by atoms with Crippen LogP contribution in [0.4, 0.5) is 0 Å². The van der Waals surface area contributed by atoms with Crippen molar-refractivity contribution in [3.63, 3.8) is 0 Å². The van der Waals surface area contributed by atoms with Gasteiger partial charge in [0.15, 0.2) is 22.7 Å². The summed E-state index contributed by atoms with van der Waals surface area (Å²) in [4.78, 5) is 16.3. The van der Waals surface area contributed by atoms with Crippen LogP contribution in [0.5, 0.6) is 0 Å². The lowest BCUT2D eigenvalue weighted by Crippen LogP contribution is -2.53. The van der Waals surface area contributed by atoms with E-state index in [-0.39, 0.29) is 33.5 Å². The molecule has 0 unspecified atom stereocenters. The minimum absolute atomic E-state index is 0.0145. The van der Waals surface area contributed by atoms with E-state index in [9.17, 15) is 13.2 Å². The highest BCUT2D eigenvalue weighted by Crippen LogP contribution is 2.44. The molecule has 1 amide bonds. The summed E-state index contributed by atoms with van der Waals surface area (Å²) < 4.78 is 45.1. The first-order chi connectivity index (χ1) is 19.7. The van der Waals surface area contributed by atoms with Gasteiger partial charge in [0.25, 0.3) is 16.0 Å². The Morgan fingerprint density at radius 2 is 1.35 bits per heavy atom. The Hall–Kier alpha value is -1.83. The van der Waals surface area contributed by atoms with Gasteiger partial charge in [-0.05, 0) is 73.7 Å². The zero-order valence-corrected chi connectivity index (χ0v) is 30.9. The minimum atomic E-state index is -3.88. The van der Waals surface area contributed by atoms with E-state index in [1.807, 2.05) is 42.2 Å². The second-order valence-corrected chi connectivity index (χ2v) is 26.0. The summed E-state index contributed by atoms with van der Waals surface area (Å²) >= 11 is 0. The zero-order valence-electron chi connectivity index (χ0n) is 28.1. The number of carbonyl (C=O) groups excluding carboxylic acids is 1. The van der Waals surface area contributed by atoms with Crippen LogP contribution in [0.15, 0.2) is 59.5 Å². The minimum Gasteiger partial charge on any atom is -0.409 e. The normalized spacial score (nSPS) is 20.6. The molecule has 7 nitrogen and oxygen atoms in total. The Morgan fingerprint density at radius 3 is 1.88 bits per heavy atom. The fourth-order valence-corrected chi connectivity index (χ4v) is 8.13. The average Bonchev–Trinajstić information content (AvgIpc) is 3.10. The van der Waals surface area contributed by atoms with Crippen LogP contribution in [0, 0.1) is 6.92 Å². The molecular formula is C33H53NO6SSi2. The molecule has 0 aliphatic carbocycles. The third-order valence-corrected chi connectivity index (χ3v) is 19.7. The Bertz CT molecular complexity index is 1330. The van der Waals surface area contributed by atoms with E-state index in [0.29, 0.717) is 19.4 Å². The van der Waals surface area contributed by atoms with Gasteiger partial charge in [-0.2, -0.15) is 8.42 Å². The maximum Gasteiger partial charge on any atom is 0.296 e. The van der Waals surface area contributed by atoms with Gasteiger partial charge in [0.2, 0.25) is 0 Å². The standard InChI is InChI=1S/C33H53NO6SSi2/c1-25-19-21-27(22-20-25)41(36,37)38-23-15-18-28-29(39-42(8,9)32(2,3)4)30(40-43(10,11)33(5,6)7)31(35)34(28)24-26-16-13-12-14-17-26/h12-14,16-17,19-22,28-30H,15,18,23-24H2,1-11H3/t28-,29+,30-/m1/s1. The van der Waals surface area contributed by atoms with E-state index >= 15 is 0 Å². The summed E-state index contributed by atoms with van der Waals surface area (Å²) in [6.45, 7) is 24.2. The van der Waals surface area contributed by atoms with Crippen LogP contribution < -0.4 is 0 Å². The van der Waals surface area contributed by atoms with Crippen LogP contribution >= 0.6 is 0 Å². The second kappa shape index (κ2) is 13.3. The Kier molecular flexibility index (Phi) is 11.0. The van der Waals surface area contributed by atoms with Crippen molar-refractivity contribution in [2.75, 3.05) is 6.61 Å². The number of rotatable bonds is 12. The van der Waals surface area contributed by atoms with Gasteiger partial charge < -0.3 is 13.8 Å². The molecule has 3 atom stereocenters. The maximum atomic E-state index is 14.3. The number of benzene rings is 2. The van der Waals surface area contributed by atoms with Crippen molar-refractivity contribution in [3.8, 4) is 0 Å². The van der Waals surface area contributed by atoms with E-state index in [2.05, 4.69) is 67.7 Å². The molecule has 43 heavy (non-hydrogen) atoms. The highest BCUT2D eigenvalue weighted by atomic mass is 32.2. The first kappa shape index (κ1) is 35.7. The number of likely N-dealkylation sites (tertiary alicyclic amines) is 1. The molecule has 0 saturated carbocycles. The molecule has 2 aromatic rings. The second-order valence-electron chi connectivity index (χ2n) is 14.9. The molecule has 2 aromatic carbocycles. The third-order valence-electron chi connectivity index (χ3n) is 9.46. The number of hydrogen-bond acceptors (Lipinski definition) is 6. The number of nitrogens with zero attached hydrogens (tertiary/aromatic N) is 1. The summed E-state index contributed by atoms with van der Waals surface area (Å²) in [6, 6.07) is 16.3. The van der Waals surface area contributed by atoms with Gasteiger partial charge in [0, 0.05) is 6.54 Å². The molecule has 0 aromatic heterocycles. The smallest absolute Gasteiger partial charge is 0.296 e. The quantitative estimate of drug-likeness (QED) is 0.134. The Morgan fingerprint density at radius 1 is 0.814 bits per heavy atom. The third kappa shape index (κ3) is 8.67. The summed E-state index contributed by atoms with van der Waals surface area (Å²) in [6.07, 6.45) is -0.224. The molecule has 0 radical (unpaired) electrons. The van der Waals surface area contributed by atoms with Gasteiger partial charge >= 0.3 is 0 Å². The lowest BCUT2D eigenvalue weighted by Gasteiger charge is -2.43. The van der Waals surface area contributed by atoms with Crippen molar-refractivity contribution >= 4 is 32.7 Å². The molecule has 1 aliphatic heterocycles. The fourth-order valence-electron chi connectivity index (χ4n) is 4.64. The van der Waals surface area contributed by atoms with Gasteiger partial charge in [-0.3, -0.25) is 8.98 Å². The lowest BCUT2D eigenvalue weighted by atomic mass is 10.0. The maximum absolute atomic E-state index is 14.3. The highest BCUT2D eigenvalue weighted by Gasteiger charge is 2.55. The van der Waals surface area contributed by atoms with E-state index in [1.54, 1.807) is 24.3 Å². The van der Waals surface area contributed by atoms with Crippen LogP contribution in [0.2, 0.25) is 36.3 Å². The number of hydrogen-bond donors (Lipinski definition) is 0. The van der Waals surface area contributed by atoms with Crippen LogP contribution in [0.25, 0.3) is 0 Å². The molecule has 1 heterocycles. The predicted octanol–water partition coefficient (Wildman–Crippen LogP) is 7.67. The van der Waals surface area contributed by atoms with Crippen molar-refractivity contribution < 1.29 is 26.2 Å². The molecule has 1 saturated heterocycles. The van der Waals surface area contributed by atoms with Gasteiger partial charge in [-0.1, -0.05) is 89.6 Å². The monoisotopic (exact) mass is 647 g/mol. The van der Waals surface area contributed by atoms with Crippen LogP contribution in [-0.2, 0) is 34.5 Å². The SMILES string of the molecule is Cc1ccc(S(=O)(=O)OCCC[C@@H]2[C@H](O[Si](C)(C)C(C)(C)C)[C@@H](O[Si](C)(C)C(C)(C)C)C(=O)N2Cc2ccccc2)cc1. The lowest BCUT2D eigenvalue weighted by molar-refractivity contribution is -0.135. The number of amides is 1. The first-order valence-electron chi connectivity index (χ1n) is 15.3. The summed E-state index contributed by atoms with van der Waals surface area (Å²) in [7, 11) is -8.55. The average molecular weight is 648 g/mol. The molecular weight excluding hydrogens is 595 g/mol. The molecule has 10 heteroatoms. The zero-order chi connectivity index (χ0) is 32.4. The predicted molar refractivity (Wildman–Crippen MR) is 178 cm³/mol. The van der Waals surface area contributed by atoms with E-state index in [0.717, 1.165) is 11.1 Å². The molecule has 240 valence electrons. The summed E-state index contributed by atoms with van der Waals surface area (Å²) in [5.74, 6) is -0.0596. The van der Waals surface area contributed by atoms with Crippen molar-refractivity contribution in [2.24, 2.45) is 0 Å². The van der Waals surface area contributed by atoms with Crippen molar-refractivity contribution in [2.45, 2.75) is 127 Å². The van der Waals surface area contributed by atoms with Crippen LogP contribution in [0.3, 0.4) is 0 Å². The fraction of sp³-hybridized carbons (Fsp3) is 0.606. The molecule has 1 aliphatic rings. The number of aryl methyl sites for hydroxylation is 1. The summed E-state index contributed by atoms with van der Waals surface area (Å²) in [5.41, 5.74) is 2.00. The van der Waals surface area contributed by atoms with E-state index in [1.165, 1.54) is 0 Å². The topological polar surface area (TPSA) is 82.1 Å². The summed E-state index contributed by atoms with van der Waals surface area (Å²) in [5, 5.41) is -0.157. The number of carbonyl (C=O) groups is 1. The van der Waals surface area contributed by atoms with Gasteiger partial charge in [0.05, 0.1) is 23.6 Å². The highest BCUT2D eigenvalue weighted by molar-refractivity contribution is 7.86. The van der Waals surface area contributed by atoms with E-state index in [4.69, 9.17) is 13.0 Å². The Balaban J connectivity index is 1.94. The van der Waals surface area contributed by atoms with Crippen LogP contribution in [-0.4, -0.2) is 60.7 Å². The van der Waals surface area contributed by atoms with Gasteiger partial charge in [0.1, 0.15) is 0 Å². The van der Waals surface area contributed by atoms with Crippen molar-refractivity contribution in [1.82, 2.24) is 4.90 Å². The van der Waals surface area contributed by atoms with Gasteiger partial charge in [-0.15, -0.1) is 0 Å². The molecule has 0 spiro atoms. The Labute approximate surface area is 262 Å². The van der Waals surface area contributed by atoms with Gasteiger partial charge in [-0.25, -0.2) is 0 Å². The largest absolute Gasteiger partial charge is 0.409 e. The molecule has 0 bridgehead atoms. The van der Waals surface area contributed by atoms with Crippen LogP contribution in [0.1, 0.15) is 65.5 Å². The first-order valence-corrected chi connectivity index (χ1v) is 22.5. The van der Waals surface area contributed by atoms with Crippen molar-refractivity contribution in [3.05, 3.63) is 65.7 Å². The molecule has 0 N–H and O–H groups in total.